The van der Waals surface area contributed by atoms with Crippen LogP contribution in [-0.2, 0) is 4.79 Å². The second kappa shape index (κ2) is 5.06. The van der Waals surface area contributed by atoms with Crippen LogP contribution in [0.15, 0.2) is 29.4 Å². The van der Waals surface area contributed by atoms with Crippen LogP contribution in [0.4, 0.5) is 0 Å². The Morgan fingerprint density at radius 2 is 2.24 bits per heavy atom. The van der Waals surface area contributed by atoms with E-state index in [1.807, 2.05) is 12.1 Å². The maximum atomic E-state index is 11.3. The van der Waals surface area contributed by atoms with E-state index >= 15 is 0 Å². The lowest BCUT2D eigenvalue weighted by molar-refractivity contribution is -0.143. The molecular weight excluding hydrogens is 236 g/mol. The Morgan fingerprint density at radius 3 is 2.76 bits per heavy atom. The van der Waals surface area contributed by atoms with Gasteiger partial charge >= 0.3 is 5.97 Å². The lowest BCUT2D eigenvalue weighted by Gasteiger charge is -2.25. The van der Waals surface area contributed by atoms with E-state index in [2.05, 4.69) is 10.3 Å². The van der Waals surface area contributed by atoms with Crippen molar-refractivity contribution in [2.75, 3.05) is 5.75 Å². The van der Waals surface area contributed by atoms with E-state index < -0.39 is 11.5 Å². The zero-order valence-corrected chi connectivity index (χ0v) is 10.5. The summed E-state index contributed by atoms with van der Waals surface area (Å²) in [6.07, 6.45) is 5.61. The van der Waals surface area contributed by atoms with E-state index in [9.17, 15) is 9.90 Å². The molecule has 1 atom stereocenters. The van der Waals surface area contributed by atoms with E-state index in [0.717, 1.165) is 17.7 Å². The quantitative estimate of drug-likeness (QED) is 0.755. The van der Waals surface area contributed by atoms with Crippen LogP contribution < -0.4 is 5.32 Å². The standard InChI is InChI=1S/C12H16N2O2S/c1-12(11(15)16,14-9-2-3-9)8-17-10-4-6-13-7-5-10/h4-7,9,14H,2-3,8H2,1H3,(H,15,16). The summed E-state index contributed by atoms with van der Waals surface area (Å²) in [7, 11) is 0. The van der Waals surface area contributed by atoms with Gasteiger partial charge in [-0.15, -0.1) is 11.8 Å². The summed E-state index contributed by atoms with van der Waals surface area (Å²) >= 11 is 1.54. The molecule has 2 rings (SSSR count). The minimum Gasteiger partial charge on any atom is -0.480 e. The van der Waals surface area contributed by atoms with E-state index in [1.165, 1.54) is 0 Å². The highest BCUT2D eigenvalue weighted by Crippen LogP contribution is 2.27. The number of hydrogen-bond acceptors (Lipinski definition) is 4. The SMILES string of the molecule is CC(CSc1ccncc1)(NC1CC1)C(=O)O. The number of carboxylic acids is 1. The van der Waals surface area contributed by atoms with Crippen molar-refractivity contribution in [3.8, 4) is 0 Å². The number of aliphatic carboxylic acids is 1. The van der Waals surface area contributed by atoms with Gasteiger partial charge in [-0.2, -0.15) is 0 Å². The first-order valence-electron chi connectivity index (χ1n) is 5.64. The average Bonchev–Trinajstić information content (AvgIpc) is 3.11. The molecule has 0 saturated heterocycles. The molecule has 1 heterocycles. The minimum absolute atomic E-state index is 0.383. The van der Waals surface area contributed by atoms with Crippen LogP contribution in [0.3, 0.4) is 0 Å². The molecule has 0 amide bonds. The maximum absolute atomic E-state index is 11.3. The third-order valence-corrected chi connectivity index (χ3v) is 4.08. The van der Waals surface area contributed by atoms with Gasteiger partial charge in [0, 0.05) is 29.1 Å². The van der Waals surface area contributed by atoms with Crippen molar-refractivity contribution in [1.29, 1.82) is 0 Å². The number of carboxylic acid groups (broad SMARTS) is 1. The Kier molecular flexibility index (Phi) is 3.69. The molecule has 1 aromatic heterocycles. The van der Waals surface area contributed by atoms with Crippen molar-refractivity contribution in [1.82, 2.24) is 10.3 Å². The third kappa shape index (κ3) is 3.44. The molecule has 1 saturated carbocycles. The first-order valence-corrected chi connectivity index (χ1v) is 6.63. The topological polar surface area (TPSA) is 62.2 Å². The van der Waals surface area contributed by atoms with Crippen LogP contribution in [0.1, 0.15) is 19.8 Å². The van der Waals surface area contributed by atoms with Crippen LogP contribution in [0.2, 0.25) is 0 Å². The van der Waals surface area contributed by atoms with Gasteiger partial charge in [0.15, 0.2) is 0 Å². The van der Waals surface area contributed by atoms with Crippen molar-refractivity contribution in [3.05, 3.63) is 24.5 Å². The van der Waals surface area contributed by atoms with E-state index in [4.69, 9.17) is 0 Å². The van der Waals surface area contributed by atoms with Gasteiger partial charge in [0.1, 0.15) is 5.54 Å². The predicted octanol–water partition coefficient (Wildman–Crippen LogP) is 1.77. The van der Waals surface area contributed by atoms with Gasteiger partial charge in [0.05, 0.1) is 0 Å². The number of rotatable bonds is 6. The summed E-state index contributed by atoms with van der Waals surface area (Å²) < 4.78 is 0. The van der Waals surface area contributed by atoms with Gasteiger partial charge in [-0.05, 0) is 31.9 Å². The second-order valence-corrected chi connectivity index (χ2v) is 5.58. The molecule has 92 valence electrons. The van der Waals surface area contributed by atoms with Crippen LogP contribution >= 0.6 is 11.8 Å². The number of nitrogens with zero attached hydrogens (tertiary/aromatic N) is 1. The Morgan fingerprint density at radius 1 is 1.59 bits per heavy atom. The molecular formula is C12H16N2O2S. The highest BCUT2D eigenvalue weighted by Gasteiger charge is 2.38. The molecule has 1 aliphatic rings. The molecule has 1 aliphatic carbocycles. The summed E-state index contributed by atoms with van der Waals surface area (Å²) in [6.45, 7) is 1.75. The fourth-order valence-electron chi connectivity index (χ4n) is 1.51. The smallest absolute Gasteiger partial charge is 0.324 e. The Labute approximate surface area is 105 Å². The van der Waals surface area contributed by atoms with E-state index in [1.54, 1.807) is 31.1 Å². The normalized spacial score (nSPS) is 18.6. The first kappa shape index (κ1) is 12.4. The van der Waals surface area contributed by atoms with Crippen molar-refractivity contribution in [2.45, 2.75) is 36.2 Å². The molecule has 0 radical (unpaired) electrons. The molecule has 0 aliphatic heterocycles. The van der Waals surface area contributed by atoms with Gasteiger partial charge < -0.3 is 5.11 Å². The van der Waals surface area contributed by atoms with Crippen molar-refractivity contribution in [2.24, 2.45) is 0 Å². The number of pyridine rings is 1. The summed E-state index contributed by atoms with van der Waals surface area (Å²) in [4.78, 5) is 16.3. The predicted molar refractivity (Wildman–Crippen MR) is 67.2 cm³/mol. The second-order valence-electron chi connectivity index (χ2n) is 4.53. The van der Waals surface area contributed by atoms with Gasteiger partial charge in [-0.1, -0.05) is 0 Å². The van der Waals surface area contributed by atoms with Gasteiger partial charge in [0.25, 0.3) is 0 Å². The molecule has 2 N–H and O–H groups in total. The highest BCUT2D eigenvalue weighted by molar-refractivity contribution is 7.99. The monoisotopic (exact) mass is 252 g/mol. The number of nitrogens with one attached hydrogen (secondary N) is 1. The largest absolute Gasteiger partial charge is 0.480 e. The van der Waals surface area contributed by atoms with Gasteiger partial charge in [0.2, 0.25) is 0 Å². The molecule has 1 unspecified atom stereocenters. The zero-order valence-electron chi connectivity index (χ0n) is 9.72. The fourth-order valence-corrected chi connectivity index (χ4v) is 2.48. The van der Waals surface area contributed by atoms with E-state index in [-0.39, 0.29) is 0 Å². The first-order chi connectivity index (χ1) is 8.10. The third-order valence-electron chi connectivity index (χ3n) is 2.75. The molecule has 1 fully saturated rings. The number of carbonyl (C=O) groups is 1. The van der Waals surface area contributed by atoms with Crippen molar-refractivity contribution in [3.63, 3.8) is 0 Å². The van der Waals surface area contributed by atoms with Crippen LogP contribution in [0.25, 0.3) is 0 Å². The van der Waals surface area contributed by atoms with Crippen molar-refractivity contribution >= 4 is 17.7 Å². The molecule has 4 nitrogen and oxygen atoms in total. The van der Waals surface area contributed by atoms with E-state index in [0.29, 0.717) is 11.8 Å². The highest BCUT2D eigenvalue weighted by atomic mass is 32.2. The summed E-state index contributed by atoms with van der Waals surface area (Å²) in [5.74, 6) is -0.269. The lowest BCUT2D eigenvalue weighted by Crippen LogP contribution is -2.52. The summed E-state index contributed by atoms with van der Waals surface area (Å²) in [5.41, 5.74) is -0.852. The number of hydrogen-bond donors (Lipinski definition) is 2. The number of thioether (sulfide) groups is 1. The Balaban J connectivity index is 1.95. The minimum atomic E-state index is -0.852. The van der Waals surface area contributed by atoms with Crippen LogP contribution in [-0.4, -0.2) is 33.4 Å². The van der Waals surface area contributed by atoms with Crippen LogP contribution in [0, 0.1) is 0 Å². The molecule has 0 bridgehead atoms. The molecule has 0 spiro atoms. The fraction of sp³-hybridized carbons (Fsp3) is 0.500. The Hall–Kier alpha value is -1.07. The lowest BCUT2D eigenvalue weighted by atomic mass is 10.1. The molecule has 5 heteroatoms. The molecule has 17 heavy (non-hydrogen) atoms. The van der Waals surface area contributed by atoms with Crippen LogP contribution in [0.5, 0.6) is 0 Å². The maximum Gasteiger partial charge on any atom is 0.324 e. The Bertz CT molecular complexity index is 395. The van der Waals surface area contributed by atoms with Gasteiger partial charge in [-0.3, -0.25) is 15.1 Å². The zero-order chi connectivity index (χ0) is 12.3. The molecule has 1 aromatic rings. The summed E-state index contributed by atoms with van der Waals surface area (Å²) in [6, 6.07) is 4.17. The van der Waals surface area contributed by atoms with Gasteiger partial charge in [-0.25, -0.2) is 0 Å². The molecule has 0 aromatic carbocycles. The summed E-state index contributed by atoms with van der Waals surface area (Å²) in [5, 5.41) is 12.5. The van der Waals surface area contributed by atoms with Crippen molar-refractivity contribution < 1.29 is 9.90 Å². The average molecular weight is 252 g/mol. The number of aromatic nitrogens is 1.